The predicted octanol–water partition coefficient (Wildman–Crippen LogP) is 0.397. The number of likely N-dealkylation sites (tertiary alicyclic amines) is 1. The van der Waals surface area contributed by atoms with Gasteiger partial charge in [-0.2, -0.15) is 0 Å². The molecule has 0 radical (unpaired) electrons. The van der Waals surface area contributed by atoms with Crippen LogP contribution < -0.4 is 5.69 Å². The van der Waals surface area contributed by atoms with E-state index in [1.54, 1.807) is 27.3 Å². The Morgan fingerprint density at radius 2 is 1.92 bits per heavy atom. The minimum atomic E-state index is -0.126. The highest BCUT2D eigenvalue weighted by atomic mass is 16.2. The van der Waals surface area contributed by atoms with Crippen LogP contribution in [0.5, 0.6) is 0 Å². The molecule has 0 N–H and O–H groups in total. The van der Waals surface area contributed by atoms with Gasteiger partial charge in [0.2, 0.25) is 0 Å². The van der Waals surface area contributed by atoms with E-state index in [2.05, 4.69) is 19.9 Å². The van der Waals surface area contributed by atoms with Crippen LogP contribution in [0.4, 0.5) is 0 Å². The molecule has 0 unspecified atom stereocenters. The Labute approximate surface area is 143 Å². The number of aryl methyl sites for hydroxylation is 1. The van der Waals surface area contributed by atoms with Crippen LogP contribution in [-0.4, -0.2) is 53.0 Å². The lowest BCUT2D eigenvalue weighted by Crippen LogP contribution is -2.41. The number of aromatic nitrogens is 6. The second kappa shape index (κ2) is 6.08. The van der Waals surface area contributed by atoms with Crippen LogP contribution >= 0.6 is 0 Å². The second-order valence-corrected chi connectivity index (χ2v) is 6.06. The Hall–Kier alpha value is -3.10. The van der Waals surface area contributed by atoms with Gasteiger partial charge in [0.05, 0.1) is 12.4 Å². The van der Waals surface area contributed by atoms with Crippen molar-refractivity contribution in [2.75, 3.05) is 13.1 Å². The molecule has 4 rings (SSSR count). The first-order chi connectivity index (χ1) is 12.2. The summed E-state index contributed by atoms with van der Waals surface area (Å²) in [5.41, 5.74) is 1.59. The van der Waals surface area contributed by atoms with Gasteiger partial charge >= 0.3 is 5.69 Å². The number of piperidine rings is 1. The molecular formula is C16H17N7O2. The molecule has 0 aliphatic carbocycles. The van der Waals surface area contributed by atoms with E-state index in [0.29, 0.717) is 42.8 Å². The molecule has 9 heteroatoms. The Morgan fingerprint density at radius 3 is 2.64 bits per heavy atom. The SMILES string of the molecule is Cn1c(=O)n(C2CCN(C(=O)c3cnccn3)CC2)c2ncncc21. The summed E-state index contributed by atoms with van der Waals surface area (Å²) in [6.45, 7) is 1.13. The van der Waals surface area contributed by atoms with Gasteiger partial charge in [-0.15, -0.1) is 0 Å². The molecule has 1 aliphatic heterocycles. The molecule has 0 bridgehead atoms. The molecule has 4 heterocycles. The first-order valence-corrected chi connectivity index (χ1v) is 8.09. The number of imidazole rings is 1. The standard InChI is InChI=1S/C16H17N7O2/c1-21-13-9-18-10-20-14(13)23(16(21)25)11-2-6-22(7-3-11)15(24)12-8-17-4-5-19-12/h4-5,8-11H,2-3,6-7H2,1H3. The predicted molar refractivity (Wildman–Crippen MR) is 89.0 cm³/mol. The molecule has 9 nitrogen and oxygen atoms in total. The number of amides is 1. The summed E-state index contributed by atoms with van der Waals surface area (Å²) in [6, 6.07) is 0.0111. The fourth-order valence-corrected chi connectivity index (χ4v) is 3.32. The number of carbonyl (C=O) groups excluding carboxylic acids is 1. The van der Waals surface area contributed by atoms with Crippen molar-refractivity contribution in [3.05, 3.63) is 47.3 Å². The molecule has 0 saturated carbocycles. The first kappa shape index (κ1) is 15.4. The van der Waals surface area contributed by atoms with Crippen LogP contribution in [-0.2, 0) is 7.05 Å². The Bertz CT molecular complexity index is 971. The van der Waals surface area contributed by atoms with Crippen LogP contribution in [0.1, 0.15) is 29.4 Å². The maximum Gasteiger partial charge on any atom is 0.330 e. The van der Waals surface area contributed by atoms with E-state index in [0.717, 1.165) is 0 Å². The normalized spacial score (nSPS) is 15.6. The number of carbonyl (C=O) groups is 1. The molecule has 128 valence electrons. The summed E-state index contributed by atoms with van der Waals surface area (Å²) in [4.78, 5) is 43.1. The molecular weight excluding hydrogens is 322 g/mol. The van der Waals surface area contributed by atoms with E-state index in [4.69, 9.17) is 0 Å². The maximum absolute atomic E-state index is 12.6. The number of hydrogen-bond donors (Lipinski definition) is 0. The van der Waals surface area contributed by atoms with Gasteiger partial charge in [0.15, 0.2) is 5.65 Å². The summed E-state index contributed by atoms with van der Waals surface area (Å²) in [7, 11) is 1.72. The third-order valence-electron chi connectivity index (χ3n) is 4.65. The van der Waals surface area contributed by atoms with Crippen molar-refractivity contribution in [2.45, 2.75) is 18.9 Å². The topological polar surface area (TPSA) is 98.8 Å². The van der Waals surface area contributed by atoms with Gasteiger partial charge < -0.3 is 4.90 Å². The summed E-state index contributed by atoms with van der Waals surface area (Å²) in [5.74, 6) is -0.126. The average Bonchev–Trinajstić information content (AvgIpc) is 2.93. The molecule has 3 aromatic rings. The van der Waals surface area contributed by atoms with E-state index >= 15 is 0 Å². The molecule has 0 spiro atoms. The minimum Gasteiger partial charge on any atom is -0.337 e. The van der Waals surface area contributed by atoms with E-state index < -0.39 is 0 Å². The van der Waals surface area contributed by atoms with Crippen molar-refractivity contribution in [1.82, 2.24) is 34.0 Å². The Kier molecular flexibility index (Phi) is 3.75. The van der Waals surface area contributed by atoms with E-state index in [1.807, 2.05) is 0 Å². The number of rotatable bonds is 2. The third kappa shape index (κ3) is 2.57. The van der Waals surface area contributed by atoms with Gasteiger partial charge in [-0.25, -0.2) is 19.7 Å². The fraction of sp³-hybridized carbons (Fsp3) is 0.375. The van der Waals surface area contributed by atoms with Crippen LogP contribution in [0, 0.1) is 0 Å². The van der Waals surface area contributed by atoms with Gasteiger partial charge in [0.25, 0.3) is 5.91 Å². The van der Waals surface area contributed by atoms with Crippen LogP contribution in [0.15, 0.2) is 35.9 Å². The lowest BCUT2D eigenvalue weighted by Gasteiger charge is -2.32. The van der Waals surface area contributed by atoms with Gasteiger partial charge in [-0.3, -0.25) is 18.9 Å². The smallest absolute Gasteiger partial charge is 0.330 e. The molecule has 1 amide bonds. The molecule has 25 heavy (non-hydrogen) atoms. The van der Waals surface area contributed by atoms with E-state index in [9.17, 15) is 9.59 Å². The van der Waals surface area contributed by atoms with Crippen LogP contribution in [0.2, 0.25) is 0 Å². The summed E-state index contributed by atoms with van der Waals surface area (Å²) < 4.78 is 3.29. The fourth-order valence-electron chi connectivity index (χ4n) is 3.32. The average molecular weight is 339 g/mol. The lowest BCUT2D eigenvalue weighted by molar-refractivity contribution is 0.0688. The molecule has 1 aliphatic rings. The highest BCUT2D eigenvalue weighted by Gasteiger charge is 2.28. The lowest BCUT2D eigenvalue weighted by atomic mass is 10.0. The molecule has 1 fully saturated rings. The van der Waals surface area contributed by atoms with Gasteiger partial charge in [0, 0.05) is 38.6 Å². The largest absolute Gasteiger partial charge is 0.337 e. The van der Waals surface area contributed by atoms with Crippen molar-refractivity contribution in [1.29, 1.82) is 0 Å². The van der Waals surface area contributed by atoms with Crippen LogP contribution in [0.25, 0.3) is 11.2 Å². The summed E-state index contributed by atoms with van der Waals surface area (Å²) in [6.07, 6.45) is 9.00. The van der Waals surface area contributed by atoms with Crippen molar-refractivity contribution >= 4 is 17.1 Å². The number of fused-ring (bicyclic) bond motifs is 1. The second-order valence-electron chi connectivity index (χ2n) is 6.06. The minimum absolute atomic E-state index is 0.0111. The van der Waals surface area contributed by atoms with Crippen molar-refractivity contribution in [2.24, 2.45) is 7.05 Å². The highest BCUT2D eigenvalue weighted by molar-refractivity contribution is 5.92. The maximum atomic E-state index is 12.6. The van der Waals surface area contributed by atoms with Crippen LogP contribution in [0.3, 0.4) is 0 Å². The summed E-state index contributed by atoms with van der Waals surface area (Å²) >= 11 is 0. The Morgan fingerprint density at radius 1 is 1.12 bits per heavy atom. The molecule has 0 aromatic carbocycles. The van der Waals surface area contributed by atoms with Crippen molar-refractivity contribution < 1.29 is 4.79 Å². The third-order valence-corrected chi connectivity index (χ3v) is 4.65. The van der Waals surface area contributed by atoms with Crippen molar-refractivity contribution in [3.8, 4) is 0 Å². The highest BCUT2D eigenvalue weighted by Crippen LogP contribution is 2.25. The number of hydrogen-bond acceptors (Lipinski definition) is 6. The molecule has 3 aromatic heterocycles. The molecule has 0 atom stereocenters. The first-order valence-electron chi connectivity index (χ1n) is 8.09. The van der Waals surface area contributed by atoms with E-state index in [-0.39, 0.29) is 17.6 Å². The monoisotopic (exact) mass is 339 g/mol. The van der Waals surface area contributed by atoms with Gasteiger partial charge in [-0.05, 0) is 12.8 Å². The zero-order chi connectivity index (χ0) is 17.4. The molecule has 1 saturated heterocycles. The van der Waals surface area contributed by atoms with Crippen molar-refractivity contribution in [3.63, 3.8) is 0 Å². The number of nitrogens with zero attached hydrogens (tertiary/aromatic N) is 7. The van der Waals surface area contributed by atoms with E-state index in [1.165, 1.54) is 24.9 Å². The summed E-state index contributed by atoms with van der Waals surface area (Å²) in [5, 5.41) is 0. The zero-order valence-electron chi connectivity index (χ0n) is 13.7. The Balaban J connectivity index is 1.56. The quantitative estimate of drug-likeness (QED) is 0.670. The van der Waals surface area contributed by atoms with Gasteiger partial charge in [0.1, 0.15) is 17.5 Å². The zero-order valence-corrected chi connectivity index (χ0v) is 13.7. The van der Waals surface area contributed by atoms with Gasteiger partial charge in [-0.1, -0.05) is 0 Å².